The van der Waals surface area contributed by atoms with Crippen LogP contribution in [0.4, 0.5) is 11.4 Å². The molecule has 0 aliphatic heterocycles. The average Bonchev–Trinajstić information content (AvgIpc) is 2.49. The minimum atomic E-state index is 0.817. The summed E-state index contributed by atoms with van der Waals surface area (Å²) in [6, 6.07) is 16.2. The fourth-order valence-corrected chi connectivity index (χ4v) is 2.16. The fraction of sp³-hybridized carbons (Fsp3) is 0.118. The van der Waals surface area contributed by atoms with Crippen molar-refractivity contribution >= 4 is 22.3 Å². The van der Waals surface area contributed by atoms with Gasteiger partial charge in [0.15, 0.2) is 0 Å². The van der Waals surface area contributed by atoms with Crippen LogP contribution in [0.2, 0.25) is 0 Å². The van der Waals surface area contributed by atoms with Crippen LogP contribution in [-0.2, 0) is 0 Å². The molecule has 3 aromatic rings. The molecule has 100 valence electrons. The van der Waals surface area contributed by atoms with Crippen molar-refractivity contribution in [2.45, 2.75) is 6.92 Å². The first-order chi connectivity index (χ1) is 9.76. The number of nitrogens with one attached hydrogen (secondary N) is 1. The van der Waals surface area contributed by atoms with E-state index in [1.807, 2.05) is 24.3 Å². The summed E-state index contributed by atoms with van der Waals surface area (Å²) in [5, 5.41) is 4.51. The molecule has 0 saturated heterocycles. The lowest BCUT2D eigenvalue weighted by molar-refractivity contribution is 0.415. The van der Waals surface area contributed by atoms with Gasteiger partial charge in [-0.15, -0.1) is 0 Å². The van der Waals surface area contributed by atoms with Gasteiger partial charge in [-0.3, -0.25) is 4.98 Å². The molecule has 0 amide bonds. The molecule has 1 heterocycles. The maximum Gasteiger partial charge on any atom is 0.121 e. The molecule has 1 aromatic heterocycles. The monoisotopic (exact) mass is 264 g/mol. The third-order valence-electron chi connectivity index (χ3n) is 3.28. The Balaban J connectivity index is 2.01. The Morgan fingerprint density at radius 1 is 1.00 bits per heavy atom. The molecule has 0 bridgehead atoms. The van der Waals surface area contributed by atoms with Crippen LogP contribution in [-0.4, -0.2) is 12.1 Å². The Labute approximate surface area is 118 Å². The van der Waals surface area contributed by atoms with Gasteiger partial charge in [-0.1, -0.05) is 17.7 Å². The largest absolute Gasteiger partial charge is 0.497 e. The smallest absolute Gasteiger partial charge is 0.121 e. The van der Waals surface area contributed by atoms with E-state index in [-0.39, 0.29) is 0 Å². The fourth-order valence-electron chi connectivity index (χ4n) is 2.16. The molecule has 3 rings (SSSR count). The molecule has 20 heavy (non-hydrogen) atoms. The van der Waals surface area contributed by atoms with Gasteiger partial charge in [0.25, 0.3) is 0 Å². The molecule has 0 fully saturated rings. The highest BCUT2D eigenvalue weighted by Crippen LogP contribution is 2.27. The van der Waals surface area contributed by atoms with Crippen LogP contribution in [0, 0.1) is 6.92 Å². The Kier molecular flexibility index (Phi) is 3.25. The zero-order chi connectivity index (χ0) is 13.9. The van der Waals surface area contributed by atoms with E-state index in [0.717, 1.165) is 28.0 Å². The third-order valence-corrected chi connectivity index (χ3v) is 3.28. The molecule has 0 unspecified atom stereocenters. The normalized spacial score (nSPS) is 10.5. The predicted octanol–water partition coefficient (Wildman–Crippen LogP) is 4.30. The summed E-state index contributed by atoms with van der Waals surface area (Å²) in [5.74, 6) is 0.817. The third kappa shape index (κ3) is 2.43. The second-order valence-electron chi connectivity index (χ2n) is 4.73. The van der Waals surface area contributed by atoms with Gasteiger partial charge in [0.1, 0.15) is 5.75 Å². The van der Waals surface area contributed by atoms with E-state index in [2.05, 4.69) is 41.5 Å². The van der Waals surface area contributed by atoms with E-state index < -0.39 is 0 Å². The highest BCUT2D eigenvalue weighted by atomic mass is 16.5. The molecule has 0 atom stereocenters. The zero-order valence-corrected chi connectivity index (χ0v) is 11.6. The number of hydrogen-bond donors (Lipinski definition) is 1. The number of pyridine rings is 1. The number of nitrogens with zero attached hydrogens (tertiary/aromatic N) is 1. The number of aromatic nitrogens is 1. The molecule has 0 aliphatic rings. The van der Waals surface area contributed by atoms with Crippen LogP contribution in [0.15, 0.2) is 54.7 Å². The predicted molar refractivity (Wildman–Crippen MR) is 82.8 cm³/mol. The highest BCUT2D eigenvalue weighted by Gasteiger charge is 2.03. The molecule has 0 spiro atoms. The minimum Gasteiger partial charge on any atom is -0.497 e. The quantitative estimate of drug-likeness (QED) is 0.766. The second-order valence-corrected chi connectivity index (χ2v) is 4.73. The van der Waals surface area contributed by atoms with Gasteiger partial charge < -0.3 is 10.1 Å². The molecular formula is C17H16N2O. The Hall–Kier alpha value is -2.55. The van der Waals surface area contributed by atoms with E-state index in [1.54, 1.807) is 13.3 Å². The van der Waals surface area contributed by atoms with Crippen molar-refractivity contribution in [2.24, 2.45) is 0 Å². The van der Waals surface area contributed by atoms with E-state index in [1.165, 1.54) is 5.56 Å². The number of anilines is 2. The number of ether oxygens (including phenoxy) is 1. The lowest BCUT2D eigenvalue weighted by atomic mass is 10.1. The molecule has 3 heteroatoms. The van der Waals surface area contributed by atoms with Crippen LogP contribution in [0.5, 0.6) is 5.75 Å². The maximum atomic E-state index is 5.23. The van der Waals surface area contributed by atoms with E-state index in [4.69, 9.17) is 4.74 Å². The van der Waals surface area contributed by atoms with Crippen molar-refractivity contribution in [3.05, 3.63) is 60.3 Å². The van der Waals surface area contributed by atoms with E-state index in [0.29, 0.717) is 0 Å². The van der Waals surface area contributed by atoms with Gasteiger partial charge in [0.05, 0.1) is 12.6 Å². The molecule has 0 saturated carbocycles. The summed E-state index contributed by atoms with van der Waals surface area (Å²) >= 11 is 0. The Morgan fingerprint density at radius 2 is 1.80 bits per heavy atom. The lowest BCUT2D eigenvalue weighted by Gasteiger charge is -2.10. The number of fused-ring (bicyclic) bond motifs is 1. The summed E-state index contributed by atoms with van der Waals surface area (Å²) in [5.41, 5.74) is 4.28. The molecular weight excluding hydrogens is 248 g/mol. The van der Waals surface area contributed by atoms with Crippen LogP contribution < -0.4 is 10.1 Å². The number of aryl methyl sites for hydroxylation is 1. The van der Waals surface area contributed by atoms with Gasteiger partial charge >= 0.3 is 0 Å². The van der Waals surface area contributed by atoms with Crippen LogP contribution >= 0.6 is 0 Å². The first-order valence-corrected chi connectivity index (χ1v) is 6.53. The van der Waals surface area contributed by atoms with Crippen molar-refractivity contribution < 1.29 is 4.74 Å². The van der Waals surface area contributed by atoms with Crippen molar-refractivity contribution in [3.63, 3.8) is 0 Å². The molecule has 1 N–H and O–H groups in total. The summed E-state index contributed by atoms with van der Waals surface area (Å²) < 4.78 is 5.23. The van der Waals surface area contributed by atoms with Crippen molar-refractivity contribution in [3.8, 4) is 5.75 Å². The average molecular weight is 264 g/mol. The van der Waals surface area contributed by atoms with Crippen molar-refractivity contribution in [1.29, 1.82) is 0 Å². The molecule has 2 aromatic carbocycles. The molecule has 3 nitrogen and oxygen atoms in total. The van der Waals surface area contributed by atoms with Gasteiger partial charge in [0, 0.05) is 29.0 Å². The first-order valence-electron chi connectivity index (χ1n) is 6.53. The number of rotatable bonds is 3. The van der Waals surface area contributed by atoms with Crippen LogP contribution in [0.25, 0.3) is 10.9 Å². The standard InChI is InChI=1S/C17H16N2O/c1-12-3-5-13(6-4-12)19-16-9-10-18-17-11-14(20-2)7-8-15(16)17/h3-11H,1-2H3,(H,18,19). The number of methoxy groups -OCH3 is 1. The van der Waals surface area contributed by atoms with Gasteiger partial charge in [-0.05, 0) is 37.3 Å². The van der Waals surface area contributed by atoms with E-state index >= 15 is 0 Å². The minimum absolute atomic E-state index is 0.817. The van der Waals surface area contributed by atoms with Gasteiger partial charge in [-0.25, -0.2) is 0 Å². The summed E-state index contributed by atoms with van der Waals surface area (Å²) in [7, 11) is 1.66. The molecule has 0 aliphatic carbocycles. The second kappa shape index (κ2) is 5.21. The topological polar surface area (TPSA) is 34.1 Å². The Bertz CT molecular complexity index is 736. The lowest BCUT2D eigenvalue weighted by Crippen LogP contribution is -1.93. The highest BCUT2D eigenvalue weighted by molar-refractivity contribution is 5.93. The maximum absolute atomic E-state index is 5.23. The summed E-state index contributed by atoms with van der Waals surface area (Å²) in [6.07, 6.45) is 1.80. The van der Waals surface area contributed by atoms with Gasteiger partial charge in [0.2, 0.25) is 0 Å². The van der Waals surface area contributed by atoms with Crippen LogP contribution in [0.1, 0.15) is 5.56 Å². The van der Waals surface area contributed by atoms with E-state index in [9.17, 15) is 0 Å². The van der Waals surface area contributed by atoms with Crippen molar-refractivity contribution in [2.75, 3.05) is 12.4 Å². The van der Waals surface area contributed by atoms with Gasteiger partial charge in [-0.2, -0.15) is 0 Å². The number of benzene rings is 2. The summed E-state index contributed by atoms with van der Waals surface area (Å²) in [6.45, 7) is 2.08. The molecule has 0 radical (unpaired) electrons. The Morgan fingerprint density at radius 3 is 2.55 bits per heavy atom. The summed E-state index contributed by atoms with van der Waals surface area (Å²) in [4.78, 5) is 4.39. The van der Waals surface area contributed by atoms with Crippen molar-refractivity contribution in [1.82, 2.24) is 4.98 Å². The zero-order valence-electron chi connectivity index (χ0n) is 11.6. The number of hydrogen-bond acceptors (Lipinski definition) is 3. The van der Waals surface area contributed by atoms with Crippen LogP contribution in [0.3, 0.4) is 0 Å². The first kappa shape index (κ1) is 12.5. The SMILES string of the molecule is COc1ccc2c(Nc3ccc(C)cc3)ccnc2c1.